The highest BCUT2D eigenvalue weighted by atomic mass is 32.2. The van der Waals surface area contributed by atoms with Crippen LogP contribution in [0, 0.1) is 0 Å². The first-order chi connectivity index (χ1) is 7.84. The summed E-state index contributed by atoms with van der Waals surface area (Å²) in [5.74, 6) is -1.67. The number of carboxylic acids is 1. The normalized spacial score (nSPS) is 38.2. The molecule has 94 valence electrons. The molecule has 0 aromatic carbocycles. The number of carbonyl (C=O) groups excluding carboxylic acids is 2. The highest BCUT2D eigenvalue weighted by Gasteiger charge is 2.67. The second kappa shape index (κ2) is 3.52. The van der Waals surface area contributed by atoms with E-state index in [1.54, 1.807) is 13.8 Å². The summed E-state index contributed by atoms with van der Waals surface area (Å²) in [4.78, 5) is 34.3. The molecule has 7 nitrogen and oxygen atoms in total. The average Bonchev–Trinajstić information content (AvgIpc) is 2.42. The van der Waals surface area contributed by atoms with Crippen molar-refractivity contribution in [1.29, 1.82) is 0 Å². The fourth-order valence-electron chi connectivity index (χ4n) is 2.39. The zero-order valence-electron chi connectivity index (χ0n) is 9.25. The lowest BCUT2D eigenvalue weighted by Crippen LogP contribution is -2.70. The Balaban J connectivity index is 2.37. The molecule has 4 atom stereocenters. The highest BCUT2D eigenvalue weighted by Crippen LogP contribution is 2.43. The Morgan fingerprint density at radius 2 is 2.18 bits per heavy atom. The molecule has 2 heterocycles. The van der Waals surface area contributed by atoms with Crippen LogP contribution in [0.25, 0.3) is 0 Å². The van der Waals surface area contributed by atoms with Crippen LogP contribution in [-0.2, 0) is 25.2 Å². The zero-order valence-corrected chi connectivity index (χ0v) is 10.1. The van der Waals surface area contributed by atoms with E-state index in [0.717, 1.165) is 4.90 Å². The molecular weight excluding hydrogens is 248 g/mol. The van der Waals surface area contributed by atoms with Crippen LogP contribution < -0.4 is 5.32 Å². The second-order valence-electron chi connectivity index (χ2n) is 4.54. The number of carbonyl (C=O) groups is 3. The van der Waals surface area contributed by atoms with E-state index in [1.807, 2.05) is 0 Å². The van der Waals surface area contributed by atoms with Gasteiger partial charge in [-0.25, -0.2) is 4.79 Å². The summed E-state index contributed by atoms with van der Waals surface area (Å²) >= 11 is 0. The minimum Gasteiger partial charge on any atom is -0.480 e. The number of fused-ring (bicyclic) bond motifs is 1. The zero-order chi connectivity index (χ0) is 13.0. The standard InChI is InChI=1S/C9H12N2O5S/c1-9(2)5(8(14)15)11-6(13)4(10-3-12)7(11)17(9)16/h3-5,7H,1-2H3,(H,10,12)(H,14,15)/t4-,5-,7+,17?/m0/s1. The van der Waals surface area contributed by atoms with Crippen molar-refractivity contribution in [3.63, 3.8) is 0 Å². The third-order valence-corrected chi connectivity index (χ3v) is 5.43. The van der Waals surface area contributed by atoms with E-state index < -0.39 is 44.9 Å². The van der Waals surface area contributed by atoms with Gasteiger partial charge in [0.2, 0.25) is 12.3 Å². The monoisotopic (exact) mass is 260 g/mol. The molecule has 2 aliphatic heterocycles. The second-order valence-corrected chi connectivity index (χ2v) is 6.67. The van der Waals surface area contributed by atoms with E-state index >= 15 is 0 Å². The quantitative estimate of drug-likeness (QED) is 0.463. The molecule has 8 heteroatoms. The number of hydrogen-bond donors (Lipinski definition) is 2. The van der Waals surface area contributed by atoms with Crippen molar-refractivity contribution in [1.82, 2.24) is 10.2 Å². The fraction of sp³-hybridized carbons (Fsp3) is 0.667. The summed E-state index contributed by atoms with van der Waals surface area (Å²) in [6, 6.07) is -1.97. The van der Waals surface area contributed by atoms with Gasteiger partial charge < -0.3 is 15.3 Å². The molecule has 0 aromatic rings. The Morgan fingerprint density at radius 3 is 2.65 bits per heavy atom. The third-order valence-electron chi connectivity index (χ3n) is 3.24. The molecule has 2 rings (SSSR count). The van der Waals surface area contributed by atoms with Gasteiger partial charge in [0.05, 0.1) is 15.5 Å². The van der Waals surface area contributed by atoms with Crippen LogP contribution in [-0.4, -0.2) is 54.7 Å². The Hall–Kier alpha value is -1.44. The lowest BCUT2D eigenvalue weighted by Gasteiger charge is -2.42. The molecular formula is C9H12N2O5S. The van der Waals surface area contributed by atoms with Crippen molar-refractivity contribution in [2.75, 3.05) is 0 Å². The largest absolute Gasteiger partial charge is 0.480 e. The summed E-state index contributed by atoms with van der Waals surface area (Å²) in [7, 11) is -1.52. The number of aliphatic carboxylic acids is 1. The van der Waals surface area contributed by atoms with Crippen molar-refractivity contribution < 1.29 is 23.7 Å². The molecule has 0 radical (unpaired) electrons. The SMILES string of the molecule is CC1(C)[C@H](C(=O)O)N2C(=O)[C@H](NC=O)[C@H]2S1=O. The average molecular weight is 260 g/mol. The minimum absolute atomic E-state index is 0.359. The Morgan fingerprint density at radius 1 is 1.59 bits per heavy atom. The number of nitrogens with one attached hydrogen (secondary N) is 1. The van der Waals surface area contributed by atoms with Gasteiger partial charge in [-0.15, -0.1) is 0 Å². The Kier molecular flexibility index (Phi) is 2.49. The molecule has 0 aromatic heterocycles. The number of rotatable bonds is 3. The smallest absolute Gasteiger partial charge is 0.328 e. The number of hydrogen-bond acceptors (Lipinski definition) is 4. The predicted molar refractivity (Wildman–Crippen MR) is 57.3 cm³/mol. The summed E-state index contributed by atoms with van der Waals surface area (Å²) in [5.41, 5.74) is 0. The van der Waals surface area contributed by atoms with Crippen LogP contribution in [0.1, 0.15) is 13.8 Å². The molecule has 0 spiro atoms. The first kappa shape index (κ1) is 12.0. The van der Waals surface area contributed by atoms with Gasteiger partial charge in [0.15, 0.2) is 0 Å². The summed E-state index contributed by atoms with van der Waals surface area (Å²) in [6.45, 7) is 3.09. The lowest BCUT2D eigenvalue weighted by atomic mass is 9.96. The number of β-lactam (4-membered cyclic amide) rings is 1. The molecule has 2 saturated heterocycles. The fourth-order valence-corrected chi connectivity index (χ4v) is 4.32. The number of carboxylic acid groups (broad SMARTS) is 1. The molecule has 2 amide bonds. The maximum absolute atomic E-state index is 12.1. The van der Waals surface area contributed by atoms with Gasteiger partial charge in [-0.2, -0.15) is 0 Å². The van der Waals surface area contributed by atoms with Gasteiger partial charge in [-0.05, 0) is 13.8 Å². The van der Waals surface area contributed by atoms with Crippen molar-refractivity contribution in [3.8, 4) is 0 Å². The van der Waals surface area contributed by atoms with E-state index in [0.29, 0.717) is 6.41 Å². The number of nitrogens with zero attached hydrogens (tertiary/aromatic N) is 1. The highest BCUT2D eigenvalue weighted by molar-refractivity contribution is 7.87. The number of amides is 2. The predicted octanol–water partition coefficient (Wildman–Crippen LogP) is -1.74. The molecule has 2 fully saturated rings. The molecule has 2 N–H and O–H groups in total. The Bertz CT molecular complexity index is 435. The van der Waals surface area contributed by atoms with E-state index in [2.05, 4.69) is 5.32 Å². The van der Waals surface area contributed by atoms with Gasteiger partial charge in [0.1, 0.15) is 17.5 Å². The molecule has 17 heavy (non-hydrogen) atoms. The molecule has 0 aliphatic carbocycles. The minimum atomic E-state index is -1.52. The van der Waals surface area contributed by atoms with Gasteiger partial charge in [-0.1, -0.05) is 0 Å². The maximum Gasteiger partial charge on any atom is 0.328 e. The maximum atomic E-state index is 12.1. The molecule has 1 unspecified atom stereocenters. The molecule has 0 bridgehead atoms. The van der Waals surface area contributed by atoms with E-state index in [4.69, 9.17) is 5.11 Å². The third kappa shape index (κ3) is 1.33. The van der Waals surface area contributed by atoms with Crippen molar-refractivity contribution >= 4 is 29.1 Å². The van der Waals surface area contributed by atoms with E-state index in [9.17, 15) is 18.6 Å². The topological polar surface area (TPSA) is 104 Å². The van der Waals surface area contributed by atoms with Gasteiger partial charge in [0.25, 0.3) is 0 Å². The first-order valence-corrected chi connectivity index (χ1v) is 6.20. The van der Waals surface area contributed by atoms with Crippen LogP contribution >= 0.6 is 0 Å². The first-order valence-electron chi connectivity index (χ1n) is 4.99. The van der Waals surface area contributed by atoms with Crippen LogP contribution in [0.5, 0.6) is 0 Å². The van der Waals surface area contributed by atoms with Crippen LogP contribution in [0.2, 0.25) is 0 Å². The van der Waals surface area contributed by atoms with Crippen LogP contribution in [0.4, 0.5) is 0 Å². The molecule has 2 aliphatic rings. The van der Waals surface area contributed by atoms with Gasteiger partial charge >= 0.3 is 5.97 Å². The van der Waals surface area contributed by atoms with E-state index in [1.165, 1.54) is 0 Å². The lowest BCUT2D eigenvalue weighted by molar-refractivity contribution is -0.160. The van der Waals surface area contributed by atoms with E-state index in [-0.39, 0.29) is 0 Å². The van der Waals surface area contributed by atoms with Crippen molar-refractivity contribution in [2.45, 2.75) is 36.1 Å². The van der Waals surface area contributed by atoms with Gasteiger partial charge in [-0.3, -0.25) is 13.8 Å². The summed E-state index contributed by atoms with van der Waals surface area (Å²) in [5, 5.41) is 10.6. The Labute approximate surface area is 99.6 Å². The van der Waals surface area contributed by atoms with Crippen LogP contribution in [0.15, 0.2) is 0 Å². The van der Waals surface area contributed by atoms with Gasteiger partial charge in [0, 0.05) is 0 Å². The molecule has 0 saturated carbocycles. The van der Waals surface area contributed by atoms with Crippen LogP contribution in [0.3, 0.4) is 0 Å². The van der Waals surface area contributed by atoms with Crippen molar-refractivity contribution in [3.05, 3.63) is 0 Å². The summed E-state index contributed by atoms with van der Waals surface area (Å²) < 4.78 is 11.1. The van der Waals surface area contributed by atoms with Crippen molar-refractivity contribution in [2.24, 2.45) is 0 Å². The summed E-state index contributed by atoms with van der Waals surface area (Å²) in [6.07, 6.45) is 0.359.